The zero-order chi connectivity index (χ0) is 12.5. The molecule has 17 heavy (non-hydrogen) atoms. The second-order valence-electron chi connectivity index (χ2n) is 3.03. The van der Waals surface area contributed by atoms with E-state index < -0.39 is 0 Å². The number of aromatic nitrogens is 2. The molecule has 5 heteroatoms. The van der Waals surface area contributed by atoms with Crippen molar-refractivity contribution in [3.63, 3.8) is 0 Å². The molecule has 84 valence electrons. The van der Waals surface area contributed by atoms with Crippen molar-refractivity contribution in [1.82, 2.24) is 4.98 Å². The molecule has 0 aliphatic carbocycles. The summed E-state index contributed by atoms with van der Waals surface area (Å²) in [4.78, 5) is 4.06. The first-order chi connectivity index (χ1) is 8.31. The molecule has 0 amide bonds. The van der Waals surface area contributed by atoms with Crippen molar-refractivity contribution in [2.24, 2.45) is 0 Å². The average molecular weight is 226 g/mol. The van der Waals surface area contributed by atoms with Gasteiger partial charge in [0.1, 0.15) is 5.69 Å². The van der Waals surface area contributed by atoms with E-state index in [-0.39, 0.29) is 5.70 Å². The van der Waals surface area contributed by atoms with Crippen LogP contribution in [0.15, 0.2) is 18.6 Å². The monoisotopic (exact) mass is 226 g/mol. The fourth-order valence-corrected chi connectivity index (χ4v) is 1.10. The minimum Gasteiger partial charge on any atom is -0.757 e. The number of allylic oxidation sites excluding steroid dienone is 1. The van der Waals surface area contributed by atoms with Crippen LogP contribution in [-0.2, 0) is 11.3 Å². The van der Waals surface area contributed by atoms with Gasteiger partial charge in [-0.1, -0.05) is 0 Å². The van der Waals surface area contributed by atoms with Crippen molar-refractivity contribution < 1.29 is 9.30 Å². The van der Waals surface area contributed by atoms with Gasteiger partial charge in [0.2, 0.25) is 0 Å². The van der Waals surface area contributed by atoms with Crippen LogP contribution in [0.5, 0.6) is 0 Å². The summed E-state index contributed by atoms with van der Waals surface area (Å²) in [5.41, 5.74) is 0.616. The van der Waals surface area contributed by atoms with E-state index >= 15 is 0 Å². The molecular weight excluding hydrogens is 216 g/mol. The number of terminal acetylenes is 1. The maximum Gasteiger partial charge on any atom is 0.309 e. The van der Waals surface area contributed by atoms with E-state index in [2.05, 4.69) is 10.9 Å². The molecule has 0 N–H and O–H groups in total. The Bertz CT molecular complexity index is 518. The van der Waals surface area contributed by atoms with Crippen LogP contribution in [-0.4, -0.2) is 17.5 Å². The summed E-state index contributed by atoms with van der Waals surface area (Å²) in [5, 5.41) is 17.4. The molecule has 0 aliphatic heterocycles. The number of rotatable bonds is 5. The van der Waals surface area contributed by atoms with Gasteiger partial charge in [-0.05, 0) is 0 Å². The summed E-state index contributed by atoms with van der Waals surface area (Å²) in [6, 6.07) is 1.80. The van der Waals surface area contributed by atoms with Gasteiger partial charge < -0.3 is 10.1 Å². The van der Waals surface area contributed by atoms with Crippen LogP contribution in [0.3, 0.4) is 0 Å². The molecule has 0 bridgehead atoms. The Kier molecular flexibility index (Phi) is 5.13. The highest BCUT2D eigenvalue weighted by molar-refractivity contribution is 5.84. The Hall–Kier alpha value is -2.46. The van der Waals surface area contributed by atoms with E-state index in [9.17, 15) is 0 Å². The molecule has 0 fully saturated rings. The predicted octanol–water partition coefficient (Wildman–Crippen LogP) is 0.513. The van der Waals surface area contributed by atoms with E-state index in [1.54, 1.807) is 18.1 Å². The Morgan fingerprint density at radius 1 is 1.65 bits per heavy atom. The predicted molar refractivity (Wildman–Crippen MR) is 61.2 cm³/mol. The van der Waals surface area contributed by atoms with Gasteiger partial charge in [0, 0.05) is 6.42 Å². The van der Waals surface area contributed by atoms with Crippen LogP contribution >= 0.6 is 0 Å². The maximum absolute atomic E-state index is 8.71. The van der Waals surface area contributed by atoms with Crippen LogP contribution in [0.1, 0.15) is 12.1 Å². The van der Waals surface area contributed by atoms with Gasteiger partial charge in [-0.2, -0.15) is 11.1 Å². The lowest BCUT2D eigenvalue weighted by Gasteiger charge is -2.00. The molecule has 1 heterocycles. The third kappa shape index (κ3) is 3.89. The summed E-state index contributed by atoms with van der Waals surface area (Å²) in [6.07, 6.45) is 10.2. The van der Waals surface area contributed by atoms with E-state index in [0.717, 1.165) is 0 Å². The largest absolute Gasteiger partial charge is 0.757 e. The zero-order valence-corrected chi connectivity index (χ0v) is 9.13. The maximum atomic E-state index is 8.71. The standard InChI is InChI=1S/C12H10N4O/c1-2-3-6-17-10-11-9-16(5-4-15-11)12(7-13)8-14/h1,4-5,9H,3,6,10H2. The first kappa shape index (κ1) is 12.6. The van der Waals surface area contributed by atoms with Gasteiger partial charge in [-0.25, -0.2) is 4.98 Å². The Labute approximate surface area is 99.5 Å². The average Bonchev–Trinajstić information content (AvgIpc) is 2.37. The molecule has 5 nitrogen and oxygen atoms in total. The number of nitriles is 1. The van der Waals surface area contributed by atoms with Crippen molar-refractivity contribution >= 4 is 11.6 Å². The van der Waals surface area contributed by atoms with Gasteiger partial charge in [0.15, 0.2) is 18.5 Å². The van der Waals surface area contributed by atoms with Crippen molar-refractivity contribution in [2.75, 3.05) is 6.61 Å². The lowest BCUT2D eigenvalue weighted by Crippen LogP contribution is -2.32. The van der Waals surface area contributed by atoms with Gasteiger partial charge in [-0.15, -0.1) is 16.9 Å². The molecule has 0 radical (unpaired) electrons. The molecule has 0 unspecified atom stereocenters. The van der Waals surface area contributed by atoms with Crippen molar-refractivity contribution in [3.05, 3.63) is 29.7 Å². The number of hydrogen-bond donors (Lipinski definition) is 0. The molecule has 0 aliphatic rings. The second kappa shape index (κ2) is 6.92. The number of nitrogens with zero attached hydrogens (tertiary/aromatic N) is 4. The minimum absolute atomic E-state index is 0.0164. The van der Waals surface area contributed by atoms with Crippen molar-refractivity contribution in [3.8, 4) is 18.4 Å². The van der Waals surface area contributed by atoms with Gasteiger partial charge in [0.05, 0.1) is 19.4 Å². The summed E-state index contributed by atoms with van der Waals surface area (Å²) in [5.74, 6) is 4.26. The van der Waals surface area contributed by atoms with Gasteiger partial charge in [-0.3, -0.25) is 0 Å². The topological polar surface area (TPSA) is 72.1 Å². The molecule has 1 aromatic rings. The fourth-order valence-electron chi connectivity index (χ4n) is 1.10. The summed E-state index contributed by atoms with van der Waals surface area (Å²) in [6.45, 7) is 0.757. The highest BCUT2D eigenvalue weighted by Crippen LogP contribution is 1.95. The molecule has 1 rings (SSSR count). The molecular formula is C12H10N4O. The first-order valence-electron chi connectivity index (χ1n) is 4.86. The van der Waals surface area contributed by atoms with Gasteiger partial charge in [0.25, 0.3) is 0 Å². The lowest BCUT2D eigenvalue weighted by molar-refractivity contribution is -0.577. The molecule has 0 spiro atoms. The normalized spacial score (nSPS) is 8.82. The van der Waals surface area contributed by atoms with E-state index in [4.69, 9.17) is 21.8 Å². The molecule has 0 aromatic carbocycles. The third-order valence-electron chi connectivity index (χ3n) is 1.87. The number of ether oxygens (including phenoxy) is 1. The molecule has 0 saturated carbocycles. The first-order valence-corrected chi connectivity index (χ1v) is 4.86. The van der Waals surface area contributed by atoms with Crippen molar-refractivity contribution in [2.45, 2.75) is 13.0 Å². The molecule has 1 aromatic heterocycles. The Morgan fingerprint density at radius 3 is 3.12 bits per heavy atom. The fraction of sp³-hybridized carbons (Fsp3) is 0.250. The quantitative estimate of drug-likeness (QED) is 0.241. The highest BCUT2D eigenvalue weighted by atomic mass is 16.5. The zero-order valence-electron chi connectivity index (χ0n) is 9.13. The van der Waals surface area contributed by atoms with Crippen molar-refractivity contribution in [1.29, 1.82) is 5.26 Å². The van der Waals surface area contributed by atoms with E-state index in [0.29, 0.717) is 25.3 Å². The van der Waals surface area contributed by atoms with Crippen LogP contribution < -0.4 is 4.57 Å². The summed E-state index contributed by atoms with van der Waals surface area (Å²) in [7, 11) is 0. The summed E-state index contributed by atoms with van der Waals surface area (Å²) < 4.78 is 6.68. The van der Waals surface area contributed by atoms with Gasteiger partial charge >= 0.3 is 5.70 Å². The minimum atomic E-state index is -0.0164. The third-order valence-corrected chi connectivity index (χ3v) is 1.87. The lowest BCUT2D eigenvalue weighted by atomic mass is 10.4. The number of hydrogen-bond acceptors (Lipinski definition) is 3. The van der Waals surface area contributed by atoms with Crippen LogP contribution in [0.4, 0.5) is 0 Å². The van der Waals surface area contributed by atoms with Crippen LogP contribution in [0, 0.1) is 23.7 Å². The Balaban J connectivity index is 2.71. The smallest absolute Gasteiger partial charge is 0.309 e. The molecule has 0 saturated heterocycles. The second-order valence-corrected chi connectivity index (χ2v) is 3.03. The summed E-state index contributed by atoms with van der Waals surface area (Å²) >= 11 is 0. The van der Waals surface area contributed by atoms with E-state index in [1.165, 1.54) is 17.0 Å². The SMILES string of the molecule is C#CCCOCc1c[n+](C(=C=[N-])C#N)ccn1. The van der Waals surface area contributed by atoms with Crippen LogP contribution in [0.2, 0.25) is 0 Å². The molecule has 0 atom stereocenters. The van der Waals surface area contributed by atoms with E-state index in [1.807, 2.05) is 0 Å². The highest BCUT2D eigenvalue weighted by Gasteiger charge is 2.08. The van der Waals surface area contributed by atoms with Crippen LogP contribution in [0.25, 0.3) is 11.1 Å². The Morgan fingerprint density at radius 2 is 2.47 bits per heavy atom.